The standard InChI is InChI=1S/C13H21ClN2O/c1-10(5-4-8-17)16-13(9-15)11-6-2-3-7-12(11)14/h2-3,6-7,10,13,16-17H,4-5,8-9,15H2,1H3. The van der Waals surface area contributed by atoms with E-state index in [1.807, 2.05) is 24.3 Å². The average molecular weight is 257 g/mol. The van der Waals surface area contributed by atoms with Crippen molar-refractivity contribution < 1.29 is 5.11 Å². The SMILES string of the molecule is CC(CCCO)NC(CN)c1ccccc1Cl. The second-order valence-electron chi connectivity index (χ2n) is 4.24. The molecule has 0 saturated heterocycles. The predicted octanol–water partition coefficient (Wildman–Crippen LogP) is 2.09. The topological polar surface area (TPSA) is 58.3 Å². The van der Waals surface area contributed by atoms with Crippen molar-refractivity contribution in [1.82, 2.24) is 5.32 Å². The van der Waals surface area contributed by atoms with E-state index in [9.17, 15) is 0 Å². The molecule has 0 spiro atoms. The molecular weight excluding hydrogens is 236 g/mol. The number of rotatable bonds is 7. The molecule has 1 aromatic carbocycles. The molecule has 0 amide bonds. The molecule has 2 unspecified atom stereocenters. The fourth-order valence-electron chi connectivity index (χ4n) is 1.87. The average Bonchev–Trinajstić information content (AvgIpc) is 2.34. The van der Waals surface area contributed by atoms with Gasteiger partial charge in [-0.2, -0.15) is 0 Å². The lowest BCUT2D eigenvalue weighted by Crippen LogP contribution is -2.35. The van der Waals surface area contributed by atoms with Gasteiger partial charge in [0, 0.05) is 30.3 Å². The fourth-order valence-corrected chi connectivity index (χ4v) is 2.13. The van der Waals surface area contributed by atoms with Gasteiger partial charge in [0.15, 0.2) is 0 Å². The first-order valence-corrected chi connectivity index (χ1v) is 6.38. The van der Waals surface area contributed by atoms with E-state index in [1.54, 1.807) is 0 Å². The van der Waals surface area contributed by atoms with E-state index in [1.165, 1.54) is 0 Å². The Labute approximate surface area is 108 Å². The lowest BCUT2D eigenvalue weighted by molar-refractivity contribution is 0.274. The van der Waals surface area contributed by atoms with Crippen molar-refractivity contribution in [3.05, 3.63) is 34.9 Å². The molecule has 0 bridgehead atoms. The van der Waals surface area contributed by atoms with Gasteiger partial charge in [-0.25, -0.2) is 0 Å². The van der Waals surface area contributed by atoms with Crippen LogP contribution in [-0.2, 0) is 0 Å². The van der Waals surface area contributed by atoms with Gasteiger partial charge in [-0.3, -0.25) is 0 Å². The number of hydrogen-bond donors (Lipinski definition) is 3. The first-order valence-electron chi connectivity index (χ1n) is 6.00. The van der Waals surface area contributed by atoms with Gasteiger partial charge in [-0.15, -0.1) is 0 Å². The summed E-state index contributed by atoms with van der Waals surface area (Å²) in [6.45, 7) is 2.83. The van der Waals surface area contributed by atoms with Crippen molar-refractivity contribution in [3.63, 3.8) is 0 Å². The number of aliphatic hydroxyl groups is 1. The highest BCUT2D eigenvalue weighted by molar-refractivity contribution is 6.31. The van der Waals surface area contributed by atoms with Gasteiger partial charge in [-0.1, -0.05) is 29.8 Å². The lowest BCUT2D eigenvalue weighted by Gasteiger charge is -2.23. The van der Waals surface area contributed by atoms with E-state index in [0.29, 0.717) is 12.6 Å². The monoisotopic (exact) mass is 256 g/mol. The molecule has 3 nitrogen and oxygen atoms in total. The van der Waals surface area contributed by atoms with E-state index >= 15 is 0 Å². The summed E-state index contributed by atoms with van der Waals surface area (Å²) >= 11 is 6.15. The van der Waals surface area contributed by atoms with E-state index in [-0.39, 0.29) is 12.6 Å². The van der Waals surface area contributed by atoms with Gasteiger partial charge in [0.25, 0.3) is 0 Å². The van der Waals surface area contributed by atoms with Gasteiger partial charge in [0.2, 0.25) is 0 Å². The lowest BCUT2D eigenvalue weighted by atomic mass is 10.0. The molecule has 0 radical (unpaired) electrons. The highest BCUT2D eigenvalue weighted by atomic mass is 35.5. The molecule has 2 atom stereocenters. The molecule has 1 aromatic rings. The summed E-state index contributed by atoms with van der Waals surface area (Å²) in [6.07, 6.45) is 1.73. The first kappa shape index (κ1) is 14.5. The number of halogens is 1. The second kappa shape index (κ2) is 7.67. The minimum Gasteiger partial charge on any atom is -0.396 e. The van der Waals surface area contributed by atoms with Gasteiger partial charge < -0.3 is 16.2 Å². The second-order valence-corrected chi connectivity index (χ2v) is 4.65. The summed E-state index contributed by atoms with van der Waals surface area (Å²) in [5.74, 6) is 0. The molecular formula is C13H21ClN2O. The zero-order chi connectivity index (χ0) is 12.7. The molecule has 0 aliphatic carbocycles. The van der Waals surface area contributed by atoms with Crippen LogP contribution >= 0.6 is 11.6 Å². The Balaban J connectivity index is 2.62. The number of nitrogens with two attached hydrogens (primary N) is 1. The molecule has 17 heavy (non-hydrogen) atoms. The van der Waals surface area contributed by atoms with Crippen LogP contribution in [0.3, 0.4) is 0 Å². The van der Waals surface area contributed by atoms with Crippen LogP contribution in [0.1, 0.15) is 31.4 Å². The largest absolute Gasteiger partial charge is 0.396 e. The van der Waals surface area contributed by atoms with E-state index < -0.39 is 0 Å². The molecule has 0 saturated carbocycles. The minimum absolute atomic E-state index is 0.0670. The van der Waals surface area contributed by atoms with E-state index in [0.717, 1.165) is 23.4 Å². The van der Waals surface area contributed by atoms with Gasteiger partial charge in [-0.05, 0) is 31.4 Å². The van der Waals surface area contributed by atoms with Crippen molar-refractivity contribution in [2.75, 3.05) is 13.2 Å². The molecule has 4 heteroatoms. The molecule has 0 fully saturated rings. The van der Waals surface area contributed by atoms with Crippen LogP contribution in [0.25, 0.3) is 0 Å². The Morgan fingerprint density at radius 3 is 2.71 bits per heavy atom. The van der Waals surface area contributed by atoms with Crippen molar-refractivity contribution in [3.8, 4) is 0 Å². The Morgan fingerprint density at radius 2 is 2.12 bits per heavy atom. The smallest absolute Gasteiger partial charge is 0.0461 e. The third kappa shape index (κ3) is 4.64. The summed E-state index contributed by atoms with van der Waals surface area (Å²) in [4.78, 5) is 0. The highest BCUT2D eigenvalue weighted by Gasteiger charge is 2.14. The predicted molar refractivity (Wildman–Crippen MR) is 72.2 cm³/mol. The van der Waals surface area contributed by atoms with Crippen molar-refractivity contribution in [2.45, 2.75) is 31.8 Å². The summed E-state index contributed by atoms with van der Waals surface area (Å²) < 4.78 is 0. The fraction of sp³-hybridized carbons (Fsp3) is 0.538. The summed E-state index contributed by atoms with van der Waals surface area (Å²) in [5.41, 5.74) is 6.81. The van der Waals surface area contributed by atoms with Crippen LogP contribution < -0.4 is 11.1 Å². The Bertz CT molecular complexity index is 333. The molecule has 96 valence electrons. The van der Waals surface area contributed by atoms with Crippen molar-refractivity contribution in [2.24, 2.45) is 5.73 Å². The van der Waals surface area contributed by atoms with E-state index in [4.69, 9.17) is 22.4 Å². The quantitative estimate of drug-likeness (QED) is 0.700. The van der Waals surface area contributed by atoms with Gasteiger partial charge in [0.05, 0.1) is 0 Å². The van der Waals surface area contributed by atoms with Crippen LogP contribution in [0.4, 0.5) is 0 Å². The van der Waals surface area contributed by atoms with Gasteiger partial charge in [0.1, 0.15) is 0 Å². The zero-order valence-corrected chi connectivity index (χ0v) is 11.0. The van der Waals surface area contributed by atoms with Crippen LogP contribution in [0.15, 0.2) is 24.3 Å². The number of benzene rings is 1. The van der Waals surface area contributed by atoms with Gasteiger partial charge >= 0.3 is 0 Å². The third-order valence-corrected chi connectivity index (χ3v) is 3.14. The summed E-state index contributed by atoms with van der Waals surface area (Å²) in [6, 6.07) is 8.12. The number of nitrogens with one attached hydrogen (secondary N) is 1. The molecule has 0 aliphatic heterocycles. The Hall–Kier alpha value is -0.610. The minimum atomic E-state index is 0.0670. The maximum absolute atomic E-state index is 8.79. The zero-order valence-electron chi connectivity index (χ0n) is 10.2. The molecule has 0 aliphatic rings. The maximum Gasteiger partial charge on any atom is 0.0461 e. The Morgan fingerprint density at radius 1 is 1.41 bits per heavy atom. The third-order valence-electron chi connectivity index (χ3n) is 2.80. The molecule has 0 heterocycles. The van der Waals surface area contributed by atoms with Crippen LogP contribution in [0.5, 0.6) is 0 Å². The van der Waals surface area contributed by atoms with Crippen LogP contribution in [0, 0.1) is 0 Å². The molecule has 1 rings (SSSR count). The van der Waals surface area contributed by atoms with Crippen LogP contribution in [0.2, 0.25) is 5.02 Å². The first-order chi connectivity index (χ1) is 8.19. The maximum atomic E-state index is 8.79. The molecule has 0 aromatic heterocycles. The Kier molecular flexibility index (Phi) is 6.52. The van der Waals surface area contributed by atoms with E-state index in [2.05, 4.69) is 12.2 Å². The van der Waals surface area contributed by atoms with Crippen molar-refractivity contribution in [1.29, 1.82) is 0 Å². The van der Waals surface area contributed by atoms with Crippen LogP contribution in [-0.4, -0.2) is 24.3 Å². The number of aliphatic hydroxyl groups excluding tert-OH is 1. The normalized spacial score (nSPS) is 14.6. The summed E-state index contributed by atoms with van der Waals surface area (Å²) in [5, 5.41) is 13.0. The molecule has 4 N–H and O–H groups in total. The highest BCUT2D eigenvalue weighted by Crippen LogP contribution is 2.22. The number of hydrogen-bond acceptors (Lipinski definition) is 3. The van der Waals surface area contributed by atoms with Crippen molar-refractivity contribution >= 4 is 11.6 Å². The summed E-state index contributed by atoms with van der Waals surface area (Å²) in [7, 11) is 0.